The van der Waals surface area contributed by atoms with Crippen molar-refractivity contribution in [1.82, 2.24) is 9.88 Å². The SMILES string of the molecule is CC/C=C/c1ccc(CC(=O)C2(NC(=O)c3ccc4c(C5CCCCC5)c5n(c4c3)CCOc3cc(OC)ccc3-5)CCC2)cc1. The first kappa shape index (κ1) is 30.3. The van der Waals surface area contributed by atoms with Crippen molar-refractivity contribution in [3.63, 3.8) is 0 Å². The fourth-order valence-electron chi connectivity index (χ4n) is 7.68. The van der Waals surface area contributed by atoms with Gasteiger partial charge >= 0.3 is 0 Å². The van der Waals surface area contributed by atoms with Crippen LogP contribution in [-0.4, -0.2) is 35.5 Å². The number of methoxy groups -OCH3 is 1. The Hall–Kier alpha value is -4.32. The Morgan fingerprint density at radius 2 is 1.80 bits per heavy atom. The zero-order valence-electron chi connectivity index (χ0n) is 27.1. The van der Waals surface area contributed by atoms with Crippen LogP contribution < -0.4 is 14.8 Å². The summed E-state index contributed by atoms with van der Waals surface area (Å²) >= 11 is 0. The average molecular weight is 617 g/mol. The Labute approximate surface area is 271 Å². The van der Waals surface area contributed by atoms with Crippen LogP contribution in [0, 0.1) is 0 Å². The van der Waals surface area contributed by atoms with Gasteiger partial charge in [0.05, 0.1) is 24.9 Å². The van der Waals surface area contributed by atoms with Gasteiger partial charge in [0.15, 0.2) is 5.78 Å². The summed E-state index contributed by atoms with van der Waals surface area (Å²) in [4.78, 5) is 27.6. The lowest BCUT2D eigenvalue weighted by Gasteiger charge is -2.41. The van der Waals surface area contributed by atoms with Crippen LogP contribution in [0.2, 0.25) is 0 Å². The molecule has 6 nitrogen and oxygen atoms in total. The van der Waals surface area contributed by atoms with Crippen molar-refractivity contribution in [1.29, 1.82) is 0 Å². The normalized spacial score (nSPS) is 17.4. The number of hydrogen-bond donors (Lipinski definition) is 1. The Morgan fingerprint density at radius 3 is 2.52 bits per heavy atom. The van der Waals surface area contributed by atoms with E-state index in [4.69, 9.17) is 9.47 Å². The number of allylic oxidation sites excluding steroid dienone is 1. The minimum absolute atomic E-state index is 0.0883. The van der Waals surface area contributed by atoms with Crippen LogP contribution in [0.15, 0.2) is 66.7 Å². The van der Waals surface area contributed by atoms with Gasteiger partial charge in [0, 0.05) is 34.5 Å². The molecule has 3 aliphatic rings. The molecule has 2 aliphatic carbocycles. The number of hydrogen-bond acceptors (Lipinski definition) is 4. The van der Waals surface area contributed by atoms with Gasteiger partial charge in [-0.3, -0.25) is 9.59 Å². The van der Waals surface area contributed by atoms with Crippen molar-refractivity contribution in [2.24, 2.45) is 0 Å². The van der Waals surface area contributed by atoms with Gasteiger partial charge in [0.2, 0.25) is 0 Å². The van der Waals surface area contributed by atoms with Gasteiger partial charge in [-0.2, -0.15) is 0 Å². The molecule has 1 aromatic heterocycles. The van der Waals surface area contributed by atoms with Gasteiger partial charge in [0.25, 0.3) is 5.91 Å². The molecule has 3 aromatic carbocycles. The minimum atomic E-state index is -0.804. The summed E-state index contributed by atoms with van der Waals surface area (Å²) in [7, 11) is 1.68. The third-order valence-corrected chi connectivity index (χ3v) is 10.4. The second-order valence-electron chi connectivity index (χ2n) is 13.2. The number of rotatable bonds is 9. The van der Waals surface area contributed by atoms with Crippen LogP contribution in [0.4, 0.5) is 0 Å². The molecular weight excluding hydrogens is 572 g/mol. The number of aromatic nitrogens is 1. The molecule has 1 aliphatic heterocycles. The van der Waals surface area contributed by atoms with Crippen LogP contribution in [-0.2, 0) is 17.8 Å². The highest BCUT2D eigenvalue weighted by molar-refractivity contribution is 6.04. The molecule has 0 saturated heterocycles. The number of nitrogens with one attached hydrogen (secondary N) is 1. The highest BCUT2D eigenvalue weighted by Crippen LogP contribution is 2.48. The van der Waals surface area contributed by atoms with Crippen molar-refractivity contribution >= 4 is 28.7 Å². The number of benzene rings is 3. The van der Waals surface area contributed by atoms with Crippen molar-refractivity contribution in [2.45, 2.75) is 89.1 Å². The van der Waals surface area contributed by atoms with Gasteiger partial charge < -0.3 is 19.4 Å². The van der Waals surface area contributed by atoms with E-state index in [1.54, 1.807) is 7.11 Å². The molecule has 0 unspecified atom stereocenters. The molecule has 7 rings (SSSR count). The predicted molar refractivity (Wildman–Crippen MR) is 184 cm³/mol. The van der Waals surface area contributed by atoms with E-state index < -0.39 is 5.54 Å². The number of carbonyl (C=O) groups excluding carboxylic acids is 2. The van der Waals surface area contributed by atoms with Crippen LogP contribution >= 0.6 is 0 Å². The first-order chi connectivity index (χ1) is 22.5. The van der Waals surface area contributed by atoms with Gasteiger partial charge in [-0.05, 0) is 85.4 Å². The van der Waals surface area contributed by atoms with E-state index in [1.807, 2.05) is 36.4 Å². The Bertz CT molecular complexity index is 1790. The van der Waals surface area contributed by atoms with Gasteiger partial charge in [-0.25, -0.2) is 0 Å². The molecule has 0 radical (unpaired) electrons. The molecule has 2 heterocycles. The molecule has 4 aromatic rings. The number of fused-ring (bicyclic) bond motifs is 5. The van der Waals surface area contributed by atoms with Gasteiger partial charge in [-0.1, -0.05) is 68.7 Å². The summed E-state index contributed by atoms with van der Waals surface area (Å²) in [6, 6.07) is 20.4. The highest BCUT2D eigenvalue weighted by atomic mass is 16.5. The maximum Gasteiger partial charge on any atom is 0.252 e. The molecule has 6 heteroatoms. The summed E-state index contributed by atoms with van der Waals surface area (Å²) in [6.45, 7) is 3.34. The summed E-state index contributed by atoms with van der Waals surface area (Å²) in [5.74, 6) is 1.99. The van der Waals surface area contributed by atoms with Gasteiger partial charge in [0.1, 0.15) is 18.1 Å². The first-order valence-electron chi connectivity index (χ1n) is 17.1. The standard InChI is InChI=1S/C40H44N2O4/c1-3-4-9-27-12-14-28(15-13-27)24-36(43)40(20-8-21-40)41-39(44)30-16-18-32-34(25-30)42-22-23-46-35-26-31(45-2)17-19-33(35)38(42)37(32)29-10-6-5-7-11-29/h4,9,12-19,25-26,29H,3,5-8,10-11,20-24H2,1-2H3,(H,41,44)/b9-4+. The maximum atomic E-state index is 13.9. The van der Waals surface area contributed by atoms with E-state index in [9.17, 15) is 9.59 Å². The van der Waals surface area contributed by atoms with E-state index in [0.29, 0.717) is 43.9 Å². The topological polar surface area (TPSA) is 69.6 Å². The molecule has 46 heavy (non-hydrogen) atoms. The van der Waals surface area contributed by atoms with Crippen molar-refractivity contribution < 1.29 is 19.1 Å². The minimum Gasteiger partial charge on any atom is -0.497 e. The lowest BCUT2D eigenvalue weighted by Crippen LogP contribution is -2.59. The largest absolute Gasteiger partial charge is 0.497 e. The third kappa shape index (κ3) is 5.63. The van der Waals surface area contributed by atoms with Crippen LogP contribution in [0.1, 0.15) is 97.7 Å². The lowest BCUT2D eigenvalue weighted by molar-refractivity contribution is -0.127. The van der Waals surface area contributed by atoms with Crippen LogP contribution in [0.3, 0.4) is 0 Å². The smallest absolute Gasteiger partial charge is 0.252 e. The van der Waals surface area contributed by atoms with E-state index in [-0.39, 0.29) is 11.7 Å². The zero-order valence-corrected chi connectivity index (χ0v) is 27.1. The average Bonchev–Trinajstić information content (AvgIpc) is 3.27. The molecule has 2 fully saturated rings. The highest BCUT2D eigenvalue weighted by Gasteiger charge is 2.45. The van der Waals surface area contributed by atoms with E-state index >= 15 is 0 Å². The molecule has 0 spiro atoms. The first-order valence-corrected chi connectivity index (χ1v) is 17.1. The monoisotopic (exact) mass is 616 g/mol. The van der Waals surface area contributed by atoms with E-state index in [0.717, 1.165) is 46.5 Å². The van der Waals surface area contributed by atoms with Crippen molar-refractivity contribution in [2.75, 3.05) is 13.7 Å². The predicted octanol–water partition coefficient (Wildman–Crippen LogP) is 8.64. The molecule has 1 amide bonds. The van der Waals surface area contributed by atoms with Crippen LogP contribution in [0.5, 0.6) is 11.5 Å². The number of ether oxygens (including phenoxy) is 2. The number of carbonyl (C=O) groups is 2. The second-order valence-corrected chi connectivity index (χ2v) is 13.2. The fraction of sp³-hybridized carbons (Fsp3) is 0.400. The number of Topliss-reactive ketones (excluding diaryl/α,β-unsaturated/α-hetero) is 1. The van der Waals surface area contributed by atoms with E-state index in [2.05, 4.69) is 53.2 Å². The quantitative estimate of drug-likeness (QED) is 0.204. The molecule has 0 atom stereocenters. The Morgan fingerprint density at radius 1 is 1.00 bits per heavy atom. The van der Waals surface area contributed by atoms with Crippen molar-refractivity contribution in [3.05, 3.63) is 89.0 Å². The molecule has 2 saturated carbocycles. The second kappa shape index (κ2) is 12.8. The third-order valence-electron chi connectivity index (χ3n) is 10.4. The van der Waals surface area contributed by atoms with Crippen LogP contribution in [0.25, 0.3) is 28.2 Å². The molecule has 238 valence electrons. The molecule has 1 N–H and O–H groups in total. The zero-order chi connectivity index (χ0) is 31.7. The fourth-order valence-corrected chi connectivity index (χ4v) is 7.68. The molecule has 0 bridgehead atoms. The Kier molecular flexibility index (Phi) is 8.46. The van der Waals surface area contributed by atoms with Crippen molar-refractivity contribution in [3.8, 4) is 22.8 Å². The summed E-state index contributed by atoms with van der Waals surface area (Å²) in [5, 5.41) is 4.43. The number of ketones is 1. The summed E-state index contributed by atoms with van der Waals surface area (Å²) in [6.07, 6.45) is 13.9. The number of nitrogens with zero attached hydrogens (tertiary/aromatic N) is 1. The molecular formula is C40H44N2O4. The van der Waals surface area contributed by atoms with Gasteiger partial charge in [-0.15, -0.1) is 0 Å². The lowest BCUT2D eigenvalue weighted by atomic mass is 9.72. The summed E-state index contributed by atoms with van der Waals surface area (Å²) < 4.78 is 14.1. The summed E-state index contributed by atoms with van der Waals surface area (Å²) in [5.41, 5.74) is 6.61. The van der Waals surface area contributed by atoms with E-state index in [1.165, 1.54) is 48.7 Å². The Balaban J connectivity index is 1.20. The maximum absolute atomic E-state index is 13.9. The number of amides is 1.